The van der Waals surface area contributed by atoms with Crippen molar-refractivity contribution in [1.82, 2.24) is 10.3 Å². The summed E-state index contributed by atoms with van der Waals surface area (Å²) < 4.78 is 0. The van der Waals surface area contributed by atoms with Crippen LogP contribution in [0.1, 0.15) is 17.7 Å². The molecular weight excluding hydrogens is 200 g/mol. The highest BCUT2D eigenvalue weighted by Crippen LogP contribution is 2.12. The van der Waals surface area contributed by atoms with Gasteiger partial charge >= 0.3 is 0 Å². The maximum atomic E-state index is 8.79. The third-order valence-corrected chi connectivity index (χ3v) is 2.94. The summed E-state index contributed by atoms with van der Waals surface area (Å²) in [7, 11) is 0. The van der Waals surface area contributed by atoms with Crippen LogP contribution >= 0.6 is 0 Å². The molecule has 1 unspecified atom stereocenters. The molecule has 0 bridgehead atoms. The molecule has 1 aromatic heterocycles. The highest BCUT2D eigenvalue weighted by Gasteiger charge is 2.13. The molecule has 1 saturated heterocycles. The minimum Gasteiger partial charge on any atom is -0.370 e. The molecule has 1 aromatic rings. The van der Waals surface area contributed by atoms with Crippen LogP contribution in [0.2, 0.25) is 0 Å². The molecule has 4 heteroatoms. The molecule has 1 aliphatic heterocycles. The van der Waals surface area contributed by atoms with E-state index in [0.717, 1.165) is 31.1 Å². The van der Waals surface area contributed by atoms with Gasteiger partial charge < -0.3 is 10.6 Å². The minimum absolute atomic E-state index is 0.646. The number of pyridine rings is 1. The average molecular weight is 216 g/mol. The summed E-state index contributed by atoms with van der Waals surface area (Å²) >= 11 is 0. The number of nitrogens with one attached hydrogen (secondary N) is 2. The van der Waals surface area contributed by atoms with Gasteiger partial charge in [0.2, 0.25) is 0 Å². The Labute approximate surface area is 95.7 Å². The molecule has 0 saturated carbocycles. The first-order valence-corrected chi connectivity index (χ1v) is 5.62. The van der Waals surface area contributed by atoms with Gasteiger partial charge in [-0.25, -0.2) is 4.98 Å². The van der Waals surface area contributed by atoms with Crippen LogP contribution in [0.4, 0.5) is 5.82 Å². The van der Waals surface area contributed by atoms with Crippen LogP contribution < -0.4 is 10.6 Å². The predicted molar refractivity (Wildman–Crippen MR) is 63.2 cm³/mol. The summed E-state index contributed by atoms with van der Waals surface area (Å²) in [6.07, 6.45) is 1.22. The lowest BCUT2D eigenvalue weighted by Crippen LogP contribution is -2.17. The summed E-state index contributed by atoms with van der Waals surface area (Å²) in [6, 6.07) is 5.81. The Balaban J connectivity index is 1.94. The van der Waals surface area contributed by atoms with E-state index in [1.54, 1.807) is 0 Å². The number of aryl methyl sites for hydroxylation is 1. The van der Waals surface area contributed by atoms with Crippen molar-refractivity contribution in [1.29, 1.82) is 5.26 Å². The Kier molecular flexibility index (Phi) is 3.37. The molecule has 0 aliphatic carbocycles. The van der Waals surface area contributed by atoms with Crippen LogP contribution in [0.3, 0.4) is 0 Å². The van der Waals surface area contributed by atoms with E-state index in [1.165, 1.54) is 6.42 Å². The summed E-state index contributed by atoms with van der Waals surface area (Å²) in [5.41, 5.74) is 1.44. The van der Waals surface area contributed by atoms with Crippen molar-refractivity contribution >= 4 is 5.82 Å². The first-order valence-electron chi connectivity index (χ1n) is 5.62. The van der Waals surface area contributed by atoms with E-state index >= 15 is 0 Å². The maximum Gasteiger partial charge on any atom is 0.126 e. The third-order valence-electron chi connectivity index (χ3n) is 2.94. The molecule has 0 amide bonds. The smallest absolute Gasteiger partial charge is 0.126 e. The molecule has 4 nitrogen and oxygen atoms in total. The lowest BCUT2D eigenvalue weighted by Gasteiger charge is -2.11. The van der Waals surface area contributed by atoms with Gasteiger partial charge in [0.05, 0.1) is 11.3 Å². The first kappa shape index (κ1) is 10.9. The zero-order valence-corrected chi connectivity index (χ0v) is 9.45. The Morgan fingerprint density at radius 2 is 2.50 bits per heavy atom. The molecule has 84 valence electrons. The van der Waals surface area contributed by atoms with Gasteiger partial charge in [-0.3, -0.25) is 0 Å². The van der Waals surface area contributed by atoms with Crippen molar-refractivity contribution in [3.8, 4) is 6.07 Å². The molecule has 16 heavy (non-hydrogen) atoms. The number of aromatic nitrogens is 1. The largest absolute Gasteiger partial charge is 0.370 e. The monoisotopic (exact) mass is 216 g/mol. The van der Waals surface area contributed by atoms with Crippen molar-refractivity contribution in [2.75, 3.05) is 25.0 Å². The number of nitriles is 1. The van der Waals surface area contributed by atoms with Crippen LogP contribution in [0.25, 0.3) is 0 Å². The highest BCUT2D eigenvalue weighted by atomic mass is 15.0. The van der Waals surface area contributed by atoms with E-state index in [1.807, 2.05) is 19.1 Å². The highest BCUT2D eigenvalue weighted by molar-refractivity contribution is 5.42. The molecule has 2 heterocycles. The number of hydrogen-bond acceptors (Lipinski definition) is 4. The summed E-state index contributed by atoms with van der Waals surface area (Å²) in [5, 5.41) is 15.4. The van der Waals surface area contributed by atoms with E-state index in [2.05, 4.69) is 21.7 Å². The van der Waals surface area contributed by atoms with Gasteiger partial charge in [-0.2, -0.15) is 5.26 Å². The van der Waals surface area contributed by atoms with Crippen molar-refractivity contribution in [3.05, 3.63) is 23.4 Å². The second kappa shape index (κ2) is 4.95. The molecule has 0 aromatic carbocycles. The normalized spacial score (nSPS) is 19.4. The fourth-order valence-electron chi connectivity index (χ4n) is 1.92. The van der Waals surface area contributed by atoms with E-state index in [-0.39, 0.29) is 0 Å². The lowest BCUT2D eigenvalue weighted by molar-refractivity contribution is 0.614. The van der Waals surface area contributed by atoms with Crippen LogP contribution in [0.5, 0.6) is 0 Å². The maximum absolute atomic E-state index is 8.79. The first-order chi connectivity index (χ1) is 7.79. The molecule has 0 spiro atoms. The van der Waals surface area contributed by atoms with Crippen molar-refractivity contribution in [2.24, 2.45) is 5.92 Å². The number of nitrogens with zero attached hydrogens (tertiary/aromatic N) is 2. The minimum atomic E-state index is 0.646. The van der Waals surface area contributed by atoms with Crippen molar-refractivity contribution in [2.45, 2.75) is 13.3 Å². The predicted octanol–water partition coefficient (Wildman–Crippen LogP) is 1.28. The molecule has 1 fully saturated rings. The second-order valence-electron chi connectivity index (χ2n) is 4.18. The SMILES string of the molecule is Cc1nc(NCC2CCNC2)ccc1C#N. The van der Waals surface area contributed by atoms with E-state index in [0.29, 0.717) is 11.5 Å². The van der Waals surface area contributed by atoms with Gasteiger partial charge in [-0.1, -0.05) is 0 Å². The fourth-order valence-corrected chi connectivity index (χ4v) is 1.92. The molecule has 1 aliphatic rings. The Hall–Kier alpha value is -1.60. The molecule has 1 atom stereocenters. The Morgan fingerprint density at radius 3 is 3.12 bits per heavy atom. The van der Waals surface area contributed by atoms with Gasteiger partial charge in [-0.05, 0) is 44.5 Å². The summed E-state index contributed by atoms with van der Waals surface area (Å²) in [4.78, 5) is 4.35. The zero-order chi connectivity index (χ0) is 11.4. The van der Waals surface area contributed by atoms with E-state index in [9.17, 15) is 0 Å². The third kappa shape index (κ3) is 2.50. The van der Waals surface area contributed by atoms with Gasteiger partial charge in [0.15, 0.2) is 0 Å². The molecular formula is C12H16N4. The van der Waals surface area contributed by atoms with Crippen molar-refractivity contribution < 1.29 is 0 Å². The van der Waals surface area contributed by atoms with E-state index in [4.69, 9.17) is 5.26 Å². The van der Waals surface area contributed by atoms with E-state index < -0.39 is 0 Å². The summed E-state index contributed by atoms with van der Waals surface area (Å²) in [6.45, 7) is 5.01. The number of anilines is 1. The molecule has 2 rings (SSSR count). The van der Waals surface area contributed by atoms with Crippen molar-refractivity contribution in [3.63, 3.8) is 0 Å². The topological polar surface area (TPSA) is 60.7 Å². The molecule has 0 radical (unpaired) electrons. The average Bonchev–Trinajstić information content (AvgIpc) is 2.79. The van der Waals surface area contributed by atoms with Crippen LogP contribution in [-0.2, 0) is 0 Å². The van der Waals surface area contributed by atoms with Gasteiger partial charge in [-0.15, -0.1) is 0 Å². The second-order valence-corrected chi connectivity index (χ2v) is 4.18. The quantitative estimate of drug-likeness (QED) is 0.799. The van der Waals surface area contributed by atoms with Gasteiger partial charge in [0, 0.05) is 6.54 Å². The molecule has 2 N–H and O–H groups in total. The standard InChI is InChI=1S/C12H16N4/c1-9-11(6-13)2-3-12(16-9)15-8-10-4-5-14-7-10/h2-3,10,14H,4-5,7-8H2,1H3,(H,15,16). The number of rotatable bonds is 3. The number of hydrogen-bond donors (Lipinski definition) is 2. The van der Waals surface area contributed by atoms with Crippen LogP contribution in [-0.4, -0.2) is 24.6 Å². The lowest BCUT2D eigenvalue weighted by atomic mass is 10.1. The summed E-state index contributed by atoms with van der Waals surface area (Å²) in [5.74, 6) is 1.56. The van der Waals surface area contributed by atoms with Gasteiger partial charge in [0.25, 0.3) is 0 Å². The Morgan fingerprint density at radius 1 is 1.62 bits per heavy atom. The van der Waals surface area contributed by atoms with Crippen LogP contribution in [0, 0.1) is 24.2 Å². The van der Waals surface area contributed by atoms with Crippen LogP contribution in [0.15, 0.2) is 12.1 Å². The Bertz CT molecular complexity index is 402. The fraction of sp³-hybridized carbons (Fsp3) is 0.500. The zero-order valence-electron chi connectivity index (χ0n) is 9.45. The van der Waals surface area contributed by atoms with Gasteiger partial charge in [0.1, 0.15) is 11.9 Å².